The van der Waals surface area contributed by atoms with E-state index < -0.39 is 26.8 Å². The molecule has 11 nitrogen and oxygen atoms in total. The summed E-state index contributed by atoms with van der Waals surface area (Å²) in [5, 5.41) is 0. The first-order chi connectivity index (χ1) is 23.3. The van der Waals surface area contributed by atoms with Gasteiger partial charge < -0.3 is 18.8 Å². The summed E-state index contributed by atoms with van der Waals surface area (Å²) in [6, 6.07) is 18.4. The van der Waals surface area contributed by atoms with Gasteiger partial charge in [-0.3, -0.25) is 9.59 Å². The fourth-order valence-electron chi connectivity index (χ4n) is 6.05. The zero-order valence-electron chi connectivity index (χ0n) is 26.8. The largest absolute Gasteiger partial charge is 0.493 e. The molecule has 0 radical (unpaired) electrons. The Morgan fingerprint density at radius 1 is 1.06 bits per heavy atom. The molecule has 0 saturated carbocycles. The molecule has 2 amide bonds. The van der Waals surface area contributed by atoms with E-state index in [2.05, 4.69) is 10.5 Å². The SMILES string of the molecule is CCCOc1ccccc1C(=O)N1CCC(CC(=O)NOC2CCCCO2)(c2ccc(-c3ccc(-c4cnco4)cc3)s2)S(=O)(=O)CC1. The van der Waals surface area contributed by atoms with E-state index in [4.69, 9.17) is 18.7 Å². The lowest BCUT2D eigenvalue weighted by atomic mass is 9.97. The number of sulfone groups is 1. The summed E-state index contributed by atoms with van der Waals surface area (Å²) >= 11 is 1.33. The smallest absolute Gasteiger partial charge is 0.257 e. The van der Waals surface area contributed by atoms with E-state index >= 15 is 0 Å². The van der Waals surface area contributed by atoms with E-state index in [-0.39, 0.29) is 37.6 Å². The van der Waals surface area contributed by atoms with Gasteiger partial charge in [-0.25, -0.2) is 23.7 Å². The Hall–Kier alpha value is -4.04. The van der Waals surface area contributed by atoms with Crippen molar-refractivity contribution in [3.05, 3.63) is 83.7 Å². The molecule has 4 aromatic rings. The molecule has 48 heavy (non-hydrogen) atoms. The van der Waals surface area contributed by atoms with Gasteiger partial charge in [0.1, 0.15) is 10.5 Å². The predicted octanol–water partition coefficient (Wildman–Crippen LogP) is 5.98. The van der Waals surface area contributed by atoms with Gasteiger partial charge in [0.05, 0.1) is 30.5 Å². The quantitative estimate of drug-likeness (QED) is 0.188. The maximum atomic E-state index is 14.4. The van der Waals surface area contributed by atoms with Crippen molar-refractivity contribution in [2.75, 3.05) is 32.1 Å². The highest BCUT2D eigenvalue weighted by Gasteiger charge is 2.50. The van der Waals surface area contributed by atoms with Gasteiger partial charge in [0, 0.05) is 41.4 Å². The lowest BCUT2D eigenvalue weighted by molar-refractivity contribution is -0.200. The predicted molar refractivity (Wildman–Crippen MR) is 181 cm³/mol. The molecule has 2 atom stereocenters. The van der Waals surface area contributed by atoms with Gasteiger partial charge in [-0.15, -0.1) is 11.3 Å². The highest BCUT2D eigenvalue weighted by Crippen LogP contribution is 2.45. The van der Waals surface area contributed by atoms with Gasteiger partial charge in [0.2, 0.25) is 5.91 Å². The second kappa shape index (κ2) is 15.0. The highest BCUT2D eigenvalue weighted by molar-refractivity contribution is 7.92. The number of amides is 2. The van der Waals surface area contributed by atoms with E-state index in [9.17, 15) is 18.0 Å². The molecule has 0 aliphatic carbocycles. The molecular weight excluding hydrogens is 655 g/mol. The Morgan fingerprint density at radius 2 is 1.88 bits per heavy atom. The molecule has 2 aromatic carbocycles. The Kier molecular flexibility index (Phi) is 10.6. The van der Waals surface area contributed by atoms with Crippen molar-refractivity contribution >= 4 is 33.0 Å². The fraction of sp³-hybridized carbons (Fsp3) is 0.400. The number of carbonyl (C=O) groups is 2. The topological polar surface area (TPSA) is 137 Å². The van der Waals surface area contributed by atoms with Crippen LogP contribution in [0.3, 0.4) is 0 Å². The minimum Gasteiger partial charge on any atom is -0.493 e. The zero-order chi connectivity index (χ0) is 33.6. The molecule has 0 spiro atoms. The standard InChI is InChI=1S/C35H39N3O8S2/c1-2-19-43-28-8-4-3-7-27(28)34(40)38-17-16-35(48(41,42)21-18-38,22-32(39)37-46-33-9-5-6-20-44-33)31-15-14-30(47-31)26-12-10-25(11-13-26)29-23-36-24-45-29/h3-4,7-8,10-15,23-24,33H,2,5-6,9,16-22H2,1H3,(H,37,39). The summed E-state index contributed by atoms with van der Waals surface area (Å²) in [4.78, 5) is 39.7. The minimum atomic E-state index is -3.97. The maximum Gasteiger partial charge on any atom is 0.257 e. The third-order valence-electron chi connectivity index (χ3n) is 8.71. The van der Waals surface area contributed by atoms with E-state index in [1.54, 1.807) is 41.4 Å². The summed E-state index contributed by atoms with van der Waals surface area (Å²) in [5.41, 5.74) is 4.59. The number of hydrogen-bond donors (Lipinski definition) is 1. The Balaban J connectivity index is 1.29. The minimum absolute atomic E-state index is 0.0135. The fourth-order valence-corrected chi connectivity index (χ4v) is 9.66. The van der Waals surface area contributed by atoms with E-state index in [1.165, 1.54) is 17.7 Å². The number of ether oxygens (including phenoxy) is 2. The van der Waals surface area contributed by atoms with Crippen LogP contribution in [0.2, 0.25) is 0 Å². The van der Waals surface area contributed by atoms with Gasteiger partial charge in [-0.2, -0.15) is 0 Å². The third kappa shape index (κ3) is 7.34. The third-order valence-corrected chi connectivity index (χ3v) is 12.7. The monoisotopic (exact) mass is 693 g/mol. The molecule has 2 unspecified atom stereocenters. The number of aromatic nitrogens is 1. The summed E-state index contributed by atoms with van der Waals surface area (Å²) in [7, 11) is -3.97. The van der Waals surface area contributed by atoms with Crippen LogP contribution in [0.1, 0.15) is 60.7 Å². The van der Waals surface area contributed by atoms with Crippen LogP contribution in [0.25, 0.3) is 21.8 Å². The maximum absolute atomic E-state index is 14.4. The van der Waals surface area contributed by atoms with Crippen molar-refractivity contribution in [3.8, 4) is 27.5 Å². The zero-order valence-corrected chi connectivity index (χ0v) is 28.4. The van der Waals surface area contributed by atoms with Crippen LogP contribution < -0.4 is 10.2 Å². The first-order valence-corrected chi connectivity index (χ1v) is 18.7. The van der Waals surface area contributed by atoms with Crippen LogP contribution >= 0.6 is 11.3 Å². The molecule has 6 rings (SSSR count). The van der Waals surface area contributed by atoms with Crippen LogP contribution in [-0.2, 0) is 29.0 Å². The van der Waals surface area contributed by atoms with E-state index in [1.807, 2.05) is 37.3 Å². The molecule has 2 aromatic heterocycles. The van der Waals surface area contributed by atoms with Crippen LogP contribution in [0.4, 0.5) is 0 Å². The molecule has 2 aliphatic heterocycles. The number of thiophene rings is 1. The Morgan fingerprint density at radius 3 is 2.62 bits per heavy atom. The van der Waals surface area contributed by atoms with E-state index in [0.29, 0.717) is 41.6 Å². The number of rotatable bonds is 11. The van der Waals surface area contributed by atoms with Gasteiger partial charge in [-0.05, 0) is 55.5 Å². The number of nitrogens with zero attached hydrogens (tertiary/aromatic N) is 2. The number of para-hydroxylation sites is 1. The second-order valence-corrected chi connectivity index (χ2v) is 15.4. The number of oxazole rings is 1. The normalized spacial score (nSPS) is 20.9. The Bertz CT molecular complexity index is 1800. The van der Waals surface area contributed by atoms with Crippen molar-refractivity contribution in [1.29, 1.82) is 0 Å². The molecule has 2 saturated heterocycles. The number of benzene rings is 2. The summed E-state index contributed by atoms with van der Waals surface area (Å²) < 4.78 is 44.0. The van der Waals surface area contributed by atoms with Gasteiger partial charge >= 0.3 is 0 Å². The summed E-state index contributed by atoms with van der Waals surface area (Å²) in [6.07, 6.45) is 5.32. The van der Waals surface area contributed by atoms with Crippen LogP contribution in [0.15, 0.2) is 77.7 Å². The van der Waals surface area contributed by atoms with Gasteiger partial charge in [0.15, 0.2) is 28.3 Å². The van der Waals surface area contributed by atoms with Crippen molar-refractivity contribution in [2.24, 2.45) is 0 Å². The number of hydroxylamine groups is 1. The lowest BCUT2D eigenvalue weighted by Gasteiger charge is -2.31. The van der Waals surface area contributed by atoms with Crippen LogP contribution in [-0.4, -0.2) is 68.5 Å². The first-order valence-electron chi connectivity index (χ1n) is 16.2. The highest BCUT2D eigenvalue weighted by atomic mass is 32.2. The van der Waals surface area contributed by atoms with Gasteiger partial charge in [0.25, 0.3) is 5.91 Å². The lowest BCUT2D eigenvalue weighted by Crippen LogP contribution is -2.43. The number of hydrogen-bond acceptors (Lipinski definition) is 10. The molecule has 2 aliphatic rings. The van der Waals surface area contributed by atoms with E-state index in [0.717, 1.165) is 35.3 Å². The summed E-state index contributed by atoms with van der Waals surface area (Å²) in [5.74, 6) is -0.0925. The van der Waals surface area contributed by atoms with Crippen molar-refractivity contribution < 1.29 is 36.7 Å². The molecule has 4 heterocycles. The Labute approximate surface area is 284 Å². The summed E-state index contributed by atoms with van der Waals surface area (Å²) in [6.45, 7) is 3.08. The molecule has 254 valence electrons. The van der Waals surface area contributed by atoms with Crippen LogP contribution in [0, 0.1) is 0 Å². The molecule has 13 heteroatoms. The second-order valence-electron chi connectivity index (χ2n) is 11.9. The molecule has 0 bridgehead atoms. The average molecular weight is 694 g/mol. The molecule has 2 fully saturated rings. The van der Waals surface area contributed by atoms with Crippen molar-refractivity contribution in [3.63, 3.8) is 0 Å². The number of carbonyl (C=O) groups excluding carboxylic acids is 2. The first kappa shape index (κ1) is 33.8. The van der Waals surface area contributed by atoms with Crippen molar-refractivity contribution in [2.45, 2.75) is 56.5 Å². The average Bonchev–Trinajstić information content (AvgIpc) is 3.81. The van der Waals surface area contributed by atoms with Crippen LogP contribution in [0.5, 0.6) is 5.75 Å². The molecular formula is C35H39N3O8S2. The molecule has 1 N–H and O–H groups in total. The van der Waals surface area contributed by atoms with Crippen molar-refractivity contribution in [1.82, 2.24) is 15.4 Å². The van der Waals surface area contributed by atoms with Gasteiger partial charge in [-0.1, -0.05) is 43.3 Å². The number of nitrogens with one attached hydrogen (secondary N) is 1.